The van der Waals surface area contributed by atoms with Gasteiger partial charge in [-0.1, -0.05) is 121 Å². The van der Waals surface area contributed by atoms with Crippen LogP contribution in [0, 0.1) is 0 Å². The summed E-state index contributed by atoms with van der Waals surface area (Å²) in [6, 6.07) is 14.8. The van der Waals surface area contributed by atoms with E-state index in [4.69, 9.17) is 10.5 Å². The molecule has 3 N–H and O–H groups in total. The number of anilines is 1. The smallest absolute Gasteiger partial charge is 0.217 e. The molecule has 216 valence electrons. The molecule has 0 bridgehead atoms. The molecule has 0 saturated heterocycles. The van der Waals surface area contributed by atoms with E-state index in [-0.39, 0.29) is 12.2 Å². The average Bonchev–Trinajstić information content (AvgIpc) is 2.94. The topological polar surface area (TPSA) is 72.5 Å². The number of aryl methyl sites for hydroxylation is 1. The van der Waals surface area contributed by atoms with E-state index in [0.29, 0.717) is 17.0 Å². The molecular weight excluding hydrogens is 482 g/mol. The van der Waals surface area contributed by atoms with Crippen LogP contribution in [-0.4, -0.2) is 17.2 Å². The summed E-state index contributed by atoms with van der Waals surface area (Å²) in [5, 5.41) is 10.1. The molecule has 0 aromatic heterocycles. The number of allylic oxidation sites excluding steroid dienone is 1. The molecule has 0 saturated carbocycles. The van der Waals surface area contributed by atoms with Gasteiger partial charge in [-0.05, 0) is 60.9 Å². The molecule has 0 aliphatic carbocycles. The number of carbonyl (C=O) groups excluding carboxylic acids is 1. The Balaban J connectivity index is 1.45. The lowest BCUT2D eigenvalue weighted by Crippen LogP contribution is -2.12. The van der Waals surface area contributed by atoms with Crippen LogP contribution in [0.5, 0.6) is 5.75 Å². The van der Waals surface area contributed by atoms with E-state index in [1.165, 1.54) is 114 Å². The summed E-state index contributed by atoms with van der Waals surface area (Å²) < 4.78 is 5.55. The number of benzene rings is 2. The largest absolute Gasteiger partial charge is 0.461 e. The number of nitrogen functional groups attached to an aromatic ring is 1. The third-order valence-electron chi connectivity index (χ3n) is 7.34. The van der Waals surface area contributed by atoms with Crippen LogP contribution < -0.4 is 10.5 Å². The number of unbranched alkanes of at least 4 members (excludes halogenated alkanes) is 15. The van der Waals surface area contributed by atoms with E-state index >= 15 is 0 Å². The molecule has 0 amide bonds. The summed E-state index contributed by atoms with van der Waals surface area (Å²) in [7, 11) is 0. The van der Waals surface area contributed by atoms with Gasteiger partial charge in [0.2, 0.25) is 6.29 Å². The van der Waals surface area contributed by atoms with Crippen molar-refractivity contribution in [3.05, 3.63) is 71.8 Å². The van der Waals surface area contributed by atoms with Crippen LogP contribution in [0.25, 0.3) is 0 Å². The summed E-state index contributed by atoms with van der Waals surface area (Å²) in [5.74, 6) is 0.588. The maximum Gasteiger partial charge on any atom is 0.217 e. The summed E-state index contributed by atoms with van der Waals surface area (Å²) in [4.78, 5) is 12.2. The van der Waals surface area contributed by atoms with Gasteiger partial charge in [-0.3, -0.25) is 4.79 Å². The predicted octanol–water partition coefficient (Wildman–Crippen LogP) is 9.60. The summed E-state index contributed by atoms with van der Waals surface area (Å²) in [6.07, 6.45) is 25.5. The summed E-state index contributed by atoms with van der Waals surface area (Å²) in [6.45, 7) is 2.28. The molecule has 4 nitrogen and oxygen atoms in total. The number of aliphatic hydroxyl groups excluding tert-OH is 1. The molecule has 4 heteroatoms. The van der Waals surface area contributed by atoms with Crippen LogP contribution in [0.2, 0.25) is 0 Å². The van der Waals surface area contributed by atoms with Crippen LogP contribution in [0.15, 0.2) is 60.7 Å². The molecule has 2 aromatic rings. The first-order chi connectivity index (χ1) is 19.1. The first-order valence-electron chi connectivity index (χ1n) is 15.6. The number of aliphatic hydroxyl groups is 1. The summed E-state index contributed by atoms with van der Waals surface area (Å²) in [5.41, 5.74) is 8.18. The van der Waals surface area contributed by atoms with E-state index in [1.807, 2.05) is 12.1 Å². The minimum atomic E-state index is -1.09. The van der Waals surface area contributed by atoms with Crippen molar-refractivity contribution in [3.8, 4) is 5.75 Å². The Labute approximate surface area is 238 Å². The van der Waals surface area contributed by atoms with Crippen molar-refractivity contribution in [2.75, 3.05) is 5.73 Å². The van der Waals surface area contributed by atoms with Crippen LogP contribution in [0.4, 0.5) is 5.69 Å². The maximum atomic E-state index is 12.2. The van der Waals surface area contributed by atoms with E-state index in [2.05, 4.69) is 19.1 Å². The van der Waals surface area contributed by atoms with Gasteiger partial charge >= 0.3 is 0 Å². The lowest BCUT2D eigenvalue weighted by Gasteiger charge is -2.10. The van der Waals surface area contributed by atoms with Gasteiger partial charge in [0.1, 0.15) is 5.75 Å². The van der Waals surface area contributed by atoms with Crippen LogP contribution >= 0.6 is 0 Å². The second-order valence-electron chi connectivity index (χ2n) is 10.9. The van der Waals surface area contributed by atoms with E-state index in [0.717, 1.165) is 6.42 Å². The highest BCUT2D eigenvalue weighted by Crippen LogP contribution is 2.17. The molecule has 0 heterocycles. The molecule has 39 heavy (non-hydrogen) atoms. The number of nitrogens with two attached hydrogens (primary N) is 1. The predicted molar refractivity (Wildman–Crippen MR) is 165 cm³/mol. The fourth-order valence-corrected chi connectivity index (χ4v) is 4.87. The zero-order chi connectivity index (χ0) is 28.0. The van der Waals surface area contributed by atoms with Gasteiger partial charge in [-0.2, -0.15) is 0 Å². The Hall–Kier alpha value is -2.59. The van der Waals surface area contributed by atoms with Crippen molar-refractivity contribution in [2.45, 2.75) is 129 Å². The SMILES string of the molecule is CCCCCCCCCCCCCCCCCCc1ccc(OC(O)C=CCC(=O)c2ccc(N)cc2)cc1. The second kappa shape index (κ2) is 21.3. The molecule has 2 aromatic carbocycles. The van der Waals surface area contributed by atoms with Gasteiger partial charge < -0.3 is 15.6 Å². The number of carbonyl (C=O) groups is 1. The molecular formula is C35H53NO3. The number of rotatable bonds is 23. The van der Waals surface area contributed by atoms with Crippen molar-refractivity contribution in [3.63, 3.8) is 0 Å². The van der Waals surface area contributed by atoms with Gasteiger partial charge in [0.05, 0.1) is 0 Å². The standard InChI is InChI=1S/C35H53NO3/c1-2-3-4-5-6-7-8-9-10-11-12-13-14-15-16-17-19-30-22-28-33(29-23-30)39-35(38)21-18-20-34(37)31-24-26-32(36)27-25-31/h18,21-29,35,38H,2-17,19-20,36H2,1H3. The number of ether oxygens (including phenoxy) is 1. The quantitative estimate of drug-likeness (QED) is 0.0488. The highest BCUT2D eigenvalue weighted by Gasteiger charge is 2.05. The van der Waals surface area contributed by atoms with Crippen LogP contribution in [0.1, 0.15) is 132 Å². The highest BCUT2D eigenvalue weighted by molar-refractivity contribution is 5.97. The Morgan fingerprint density at radius 1 is 0.744 bits per heavy atom. The Bertz CT molecular complexity index is 904. The van der Waals surface area contributed by atoms with Gasteiger partial charge in [0.25, 0.3) is 0 Å². The first kappa shape index (κ1) is 32.6. The number of hydrogen-bond donors (Lipinski definition) is 2. The zero-order valence-corrected chi connectivity index (χ0v) is 24.4. The second-order valence-corrected chi connectivity index (χ2v) is 10.9. The average molecular weight is 536 g/mol. The Kier molecular flexibility index (Phi) is 17.8. The van der Waals surface area contributed by atoms with Crippen LogP contribution in [0.3, 0.4) is 0 Å². The van der Waals surface area contributed by atoms with Crippen LogP contribution in [-0.2, 0) is 6.42 Å². The molecule has 1 atom stereocenters. The summed E-state index contributed by atoms with van der Waals surface area (Å²) >= 11 is 0. The lowest BCUT2D eigenvalue weighted by molar-refractivity contribution is 0.0246. The van der Waals surface area contributed by atoms with Gasteiger partial charge in [0.15, 0.2) is 5.78 Å². The third kappa shape index (κ3) is 16.2. The number of hydrogen-bond acceptors (Lipinski definition) is 4. The molecule has 1 unspecified atom stereocenters. The molecule has 0 aliphatic heterocycles. The fraction of sp³-hybridized carbons (Fsp3) is 0.571. The zero-order valence-electron chi connectivity index (χ0n) is 24.4. The van der Waals surface area contributed by atoms with E-state index in [1.54, 1.807) is 30.3 Å². The molecule has 0 fully saturated rings. The number of ketones is 1. The molecule has 0 radical (unpaired) electrons. The van der Waals surface area contributed by atoms with Gasteiger partial charge in [-0.15, -0.1) is 0 Å². The Morgan fingerprint density at radius 2 is 1.23 bits per heavy atom. The van der Waals surface area contributed by atoms with E-state index in [9.17, 15) is 9.90 Å². The van der Waals surface area contributed by atoms with Crippen molar-refractivity contribution < 1.29 is 14.6 Å². The third-order valence-corrected chi connectivity index (χ3v) is 7.34. The number of Topliss-reactive ketones (excluding diaryl/α,β-unsaturated/α-hetero) is 1. The molecule has 0 spiro atoms. The van der Waals surface area contributed by atoms with Crippen molar-refractivity contribution >= 4 is 11.5 Å². The molecule has 0 aliphatic rings. The van der Waals surface area contributed by atoms with Crippen molar-refractivity contribution in [1.29, 1.82) is 0 Å². The maximum absolute atomic E-state index is 12.2. The van der Waals surface area contributed by atoms with Crippen molar-refractivity contribution in [1.82, 2.24) is 0 Å². The highest BCUT2D eigenvalue weighted by atomic mass is 16.6. The van der Waals surface area contributed by atoms with Gasteiger partial charge in [-0.25, -0.2) is 0 Å². The molecule has 2 rings (SSSR count). The van der Waals surface area contributed by atoms with Crippen molar-refractivity contribution in [2.24, 2.45) is 0 Å². The fourth-order valence-electron chi connectivity index (χ4n) is 4.87. The minimum Gasteiger partial charge on any atom is -0.461 e. The Morgan fingerprint density at radius 3 is 1.74 bits per heavy atom. The van der Waals surface area contributed by atoms with E-state index < -0.39 is 6.29 Å². The lowest BCUT2D eigenvalue weighted by atomic mass is 10.0. The monoisotopic (exact) mass is 535 g/mol. The minimum absolute atomic E-state index is 0.0307. The first-order valence-corrected chi connectivity index (χ1v) is 15.6. The normalized spacial score (nSPS) is 12.2. The van der Waals surface area contributed by atoms with Gasteiger partial charge in [0, 0.05) is 17.7 Å².